The lowest BCUT2D eigenvalue weighted by Crippen LogP contribution is -2.49. The monoisotopic (exact) mass is 422 g/mol. The summed E-state index contributed by atoms with van der Waals surface area (Å²) in [5, 5.41) is 10.5. The molecule has 0 N–H and O–H groups in total. The average molecular weight is 422 g/mol. The number of hydrogen-bond acceptors (Lipinski definition) is 2. The molecule has 4 heteroatoms. The summed E-state index contributed by atoms with van der Waals surface area (Å²) < 4.78 is 1.11. The van der Waals surface area contributed by atoms with Gasteiger partial charge in [0.25, 0.3) is 0 Å². The number of benzene rings is 2. The van der Waals surface area contributed by atoms with Gasteiger partial charge in [0, 0.05) is 3.57 Å². The van der Waals surface area contributed by atoms with Crippen molar-refractivity contribution in [2.45, 2.75) is 38.9 Å². The van der Waals surface area contributed by atoms with Crippen LogP contribution in [0.1, 0.15) is 20.8 Å². The number of nitrogens with zero attached hydrogens (tertiary/aromatic N) is 2. The van der Waals surface area contributed by atoms with Crippen molar-refractivity contribution in [1.29, 1.82) is 0 Å². The van der Waals surface area contributed by atoms with Gasteiger partial charge < -0.3 is 0 Å². The fraction of sp³-hybridized carbons (Fsp3) is 0.333. The third kappa shape index (κ3) is 3.84. The van der Waals surface area contributed by atoms with Crippen molar-refractivity contribution >= 4 is 47.2 Å². The Balaban J connectivity index is 2.22. The lowest BCUT2D eigenvalue weighted by Gasteiger charge is -2.37. The van der Waals surface area contributed by atoms with Gasteiger partial charge in [-0.1, -0.05) is 63.3 Å². The highest BCUT2D eigenvalue weighted by Gasteiger charge is 2.36. The van der Waals surface area contributed by atoms with Crippen LogP contribution in [0.25, 0.3) is 0 Å². The molecule has 0 aliphatic heterocycles. The van der Waals surface area contributed by atoms with E-state index in [0.717, 1.165) is 14.9 Å². The predicted molar refractivity (Wildman–Crippen MR) is 107 cm³/mol. The predicted octanol–water partition coefficient (Wildman–Crippen LogP) is 6.42. The first-order valence-corrected chi connectivity index (χ1v) is 11.6. The molecule has 0 saturated carbocycles. The second kappa shape index (κ2) is 6.62. The standard InChI is InChI=1S/C18H23IN2Si/c1-18(2,3)22(4,5)15-12-10-14(11-13-15)20-21-17-9-7-6-8-16(17)19/h6-13H,1-5H3. The molecular weight excluding hydrogens is 399 g/mol. The zero-order valence-corrected chi connectivity index (χ0v) is 17.0. The molecule has 0 aliphatic rings. The van der Waals surface area contributed by atoms with Crippen LogP contribution in [0.2, 0.25) is 18.1 Å². The SMILES string of the molecule is CC(C)(C)[Si](C)(C)c1ccc(N=Nc2ccccc2I)cc1. The van der Waals surface area contributed by atoms with Crippen LogP contribution in [0.15, 0.2) is 58.8 Å². The molecule has 22 heavy (non-hydrogen) atoms. The Morgan fingerprint density at radius 3 is 2.00 bits per heavy atom. The van der Waals surface area contributed by atoms with Crippen molar-refractivity contribution in [2.75, 3.05) is 0 Å². The van der Waals surface area contributed by atoms with Crippen LogP contribution in [0, 0.1) is 3.57 Å². The molecule has 0 fully saturated rings. The summed E-state index contributed by atoms with van der Waals surface area (Å²) in [6.45, 7) is 11.9. The van der Waals surface area contributed by atoms with Crippen LogP contribution < -0.4 is 5.19 Å². The van der Waals surface area contributed by atoms with Gasteiger partial charge in [-0.25, -0.2) is 0 Å². The zero-order valence-electron chi connectivity index (χ0n) is 13.9. The Labute approximate surface area is 148 Å². The first kappa shape index (κ1) is 17.3. The van der Waals surface area contributed by atoms with Gasteiger partial charge in [-0.2, -0.15) is 5.11 Å². The van der Waals surface area contributed by atoms with Gasteiger partial charge in [-0.15, -0.1) is 5.11 Å². The minimum Gasteiger partial charge on any atom is -0.151 e. The van der Waals surface area contributed by atoms with Gasteiger partial charge in [0.1, 0.15) is 0 Å². The maximum atomic E-state index is 4.36. The minimum atomic E-state index is -1.47. The molecule has 0 radical (unpaired) electrons. The molecule has 0 saturated heterocycles. The number of azo groups is 1. The molecule has 0 bridgehead atoms. The minimum absolute atomic E-state index is 0.343. The van der Waals surface area contributed by atoms with Crippen molar-refractivity contribution in [3.05, 3.63) is 52.1 Å². The highest BCUT2D eigenvalue weighted by molar-refractivity contribution is 14.1. The fourth-order valence-electron chi connectivity index (χ4n) is 2.02. The van der Waals surface area contributed by atoms with E-state index in [1.807, 2.05) is 24.3 Å². The fourth-order valence-corrected chi connectivity index (χ4v) is 4.38. The van der Waals surface area contributed by atoms with Gasteiger partial charge in [0.05, 0.1) is 19.4 Å². The highest BCUT2D eigenvalue weighted by Crippen LogP contribution is 2.35. The van der Waals surface area contributed by atoms with Gasteiger partial charge in [-0.3, -0.25) is 0 Å². The molecule has 2 nitrogen and oxygen atoms in total. The molecule has 0 aliphatic carbocycles. The molecule has 2 aromatic rings. The molecule has 116 valence electrons. The van der Waals surface area contributed by atoms with E-state index in [4.69, 9.17) is 0 Å². The van der Waals surface area contributed by atoms with E-state index >= 15 is 0 Å². The van der Waals surface area contributed by atoms with Crippen molar-refractivity contribution in [1.82, 2.24) is 0 Å². The molecule has 0 heterocycles. The average Bonchev–Trinajstić information content (AvgIpc) is 2.46. The number of hydrogen-bond donors (Lipinski definition) is 0. The van der Waals surface area contributed by atoms with Gasteiger partial charge in [0.2, 0.25) is 0 Å². The second-order valence-electron chi connectivity index (χ2n) is 7.07. The Morgan fingerprint density at radius 1 is 0.864 bits per heavy atom. The Bertz CT molecular complexity index is 670. The summed E-state index contributed by atoms with van der Waals surface area (Å²) in [6.07, 6.45) is 0. The molecule has 0 unspecified atom stereocenters. The number of rotatable bonds is 3. The van der Waals surface area contributed by atoms with E-state index in [2.05, 4.69) is 91.0 Å². The van der Waals surface area contributed by atoms with Gasteiger partial charge in [0.15, 0.2) is 0 Å². The van der Waals surface area contributed by atoms with Crippen LogP contribution in [0.3, 0.4) is 0 Å². The third-order valence-electron chi connectivity index (χ3n) is 4.59. The first-order valence-electron chi connectivity index (χ1n) is 7.48. The third-order valence-corrected chi connectivity index (χ3v) is 11.0. The van der Waals surface area contributed by atoms with Crippen LogP contribution in [0.5, 0.6) is 0 Å². The first-order chi connectivity index (χ1) is 10.2. The normalized spacial score (nSPS) is 12.8. The molecule has 0 spiro atoms. The second-order valence-corrected chi connectivity index (χ2v) is 13.6. The summed E-state index contributed by atoms with van der Waals surface area (Å²) >= 11 is 2.28. The summed E-state index contributed by atoms with van der Waals surface area (Å²) in [5.74, 6) is 0. The van der Waals surface area contributed by atoms with Crippen LogP contribution in [0.4, 0.5) is 11.4 Å². The molecular formula is C18H23IN2Si. The highest BCUT2D eigenvalue weighted by atomic mass is 127. The quantitative estimate of drug-likeness (QED) is 0.310. The summed E-state index contributed by atoms with van der Waals surface area (Å²) in [4.78, 5) is 0. The lowest BCUT2D eigenvalue weighted by molar-refractivity contribution is 0.729. The van der Waals surface area contributed by atoms with Crippen LogP contribution in [-0.4, -0.2) is 8.07 Å². The molecule has 0 amide bonds. The summed E-state index contributed by atoms with van der Waals surface area (Å²) in [5.41, 5.74) is 1.82. The Morgan fingerprint density at radius 2 is 1.45 bits per heavy atom. The zero-order chi connectivity index (χ0) is 16.4. The van der Waals surface area contributed by atoms with E-state index in [1.165, 1.54) is 5.19 Å². The van der Waals surface area contributed by atoms with Gasteiger partial charge >= 0.3 is 0 Å². The summed E-state index contributed by atoms with van der Waals surface area (Å²) in [7, 11) is -1.47. The molecule has 0 atom stereocenters. The molecule has 0 aromatic heterocycles. The smallest absolute Gasteiger partial charge is 0.0990 e. The van der Waals surface area contributed by atoms with Crippen molar-refractivity contribution in [3.8, 4) is 0 Å². The topological polar surface area (TPSA) is 24.7 Å². The van der Waals surface area contributed by atoms with E-state index in [9.17, 15) is 0 Å². The largest absolute Gasteiger partial charge is 0.151 e. The van der Waals surface area contributed by atoms with Gasteiger partial charge in [-0.05, 0) is 51.9 Å². The lowest BCUT2D eigenvalue weighted by atomic mass is 10.2. The van der Waals surface area contributed by atoms with Crippen LogP contribution >= 0.6 is 22.6 Å². The van der Waals surface area contributed by atoms with E-state index in [1.54, 1.807) is 0 Å². The molecule has 2 aromatic carbocycles. The van der Waals surface area contributed by atoms with Crippen molar-refractivity contribution in [2.24, 2.45) is 10.2 Å². The number of halogens is 1. The maximum Gasteiger partial charge on any atom is 0.0990 e. The van der Waals surface area contributed by atoms with E-state index in [-0.39, 0.29) is 0 Å². The summed E-state index contributed by atoms with van der Waals surface area (Å²) in [6, 6.07) is 16.6. The Hall–Kier alpha value is -1.01. The Kier molecular flexibility index (Phi) is 5.22. The van der Waals surface area contributed by atoms with E-state index < -0.39 is 8.07 Å². The van der Waals surface area contributed by atoms with Crippen molar-refractivity contribution < 1.29 is 0 Å². The van der Waals surface area contributed by atoms with Crippen molar-refractivity contribution in [3.63, 3.8) is 0 Å². The molecule has 2 rings (SSSR count). The van der Waals surface area contributed by atoms with Crippen LogP contribution in [-0.2, 0) is 0 Å². The van der Waals surface area contributed by atoms with E-state index in [0.29, 0.717) is 5.04 Å². The maximum absolute atomic E-state index is 4.36.